The van der Waals surface area contributed by atoms with Crippen molar-refractivity contribution in [2.24, 2.45) is 17.8 Å². The van der Waals surface area contributed by atoms with Crippen LogP contribution < -0.4 is 15.4 Å². The number of carbonyl (C=O) groups is 2. The van der Waals surface area contributed by atoms with E-state index in [9.17, 15) is 14.7 Å². The van der Waals surface area contributed by atoms with Gasteiger partial charge in [-0.2, -0.15) is 0 Å². The van der Waals surface area contributed by atoms with Crippen molar-refractivity contribution in [2.75, 3.05) is 25.6 Å². The minimum Gasteiger partial charge on any atom is -0.508 e. The van der Waals surface area contributed by atoms with Crippen LogP contribution in [-0.4, -0.2) is 48.3 Å². The van der Waals surface area contributed by atoms with Gasteiger partial charge in [0.2, 0.25) is 0 Å². The van der Waals surface area contributed by atoms with Gasteiger partial charge in [0.15, 0.2) is 0 Å². The van der Waals surface area contributed by atoms with E-state index in [1.165, 1.54) is 38.5 Å². The molecular formula is C38H45N3O5. The summed E-state index contributed by atoms with van der Waals surface area (Å²) in [5.41, 5.74) is 3.19. The molecule has 46 heavy (non-hydrogen) atoms. The van der Waals surface area contributed by atoms with Gasteiger partial charge in [0, 0.05) is 36.5 Å². The fraction of sp³-hybridized carbons (Fsp3) is 0.421. The van der Waals surface area contributed by atoms with Crippen molar-refractivity contribution in [3.8, 4) is 11.5 Å². The van der Waals surface area contributed by atoms with E-state index in [0.29, 0.717) is 48.4 Å². The number of amides is 2. The maximum absolute atomic E-state index is 13.2. The molecule has 2 aliphatic rings. The standard InChI is InChI=1S/C38H45N3O5/c1-45-31-15-16-32-26(9-5-10-27(32)22-31)11-6-19-39-37(43)29-14-17-34(36(24-29)46-20-18-25-7-4-12-30(42)21-25)41-38(44)35-23-28-8-2-3-13-33(28)40-35/h2-4,7-8,12-14,17,21,23-24,26-27,31-32,40,42H,5-6,9-11,15-16,18-20,22H2,1H3,(H,39,43)(H,41,44). The zero-order valence-electron chi connectivity index (χ0n) is 26.6. The van der Waals surface area contributed by atoms with Crippen molar-refractivity contribution in [2.45, 2.75) is 63.9 Å². The summed E-state index contributed by atoms with van der Waals surface area (Å²) in [7, 11) is 1.84. The number of methoxy groups -OCH3 is 1. The van der Waals surface area contributed by atoms with Crippen LogP contribution in [0, 0.1) is 17.8 Å². The highest BCUT2D eigenvalue weighted by Crippen LogP contribution is 2.46. The third kappa shape index (κ3) is 7.73. The van der Waals surface area contributed by atoms with Gasteiger partial charge in [-0.1, -0.05) is 49.6 Å². The Labute approximate surface area is 270 Å². The number of anilines is 1. The molecule has 6 rings (SSSR count). The molecule has 2 fully saturated rings. The second kappa shape index (κ2) is 14.9. The molecule has 0 radical (unpaired) electrons. The lowest BCUT2D eigenvalue weighted by Gasteiger charge is -2.43. The first kappa shape index (κ1) is 31.7. The predicted molar refractivity (Wildman–Crippen MR) is 181 cm³/mol. The minimum absolute atomic E-state index is 0.159. The number of carbonyl (C=O) groups excluding carboxylic acids is 2. The molecule has 0 aliphatic heterocycles. The molecule has 4 atom stereocenters. The number of phenolic OH excluding ortho intramolecular Hbond substituents is 1. The SMILES string of the molecule is COC1CCC2C(CCCNC(=O)c3ccc(NC(=O)c4cc5ccccc5[nH]4)c(OCCc4cccc(O)c4)c3)CCCC2C1. The van der Waals surface area contributed by atoms with Crippen molar-refractivity contribution in [1.82, 2.24) is 10.3 Å². The maximum atomic E-state index is 13.2. The summed E-state index contributed by atoms with van der Waals surface area (Å²) in [6.45, 7) is 0.929. The van der Waals surface area contributed by atoms with E-state index < -0.39 is 0 Å². The first-order chi connectivity index (χ1) is 22.5. The van der Waals surface area contributed by atoms with E-state index in [1.54, 1.807) is 36.4 Å². The summed E-state index contributed by atoms with van der Waals surface area (Å²) in [4.78, 5) is 29.6. The van der Waals surface area contributed by atoms with Crippen molar-refractivity contribution in [1.29, 1.82) is 0 Å². The number of H-pyrrole nitrogens is 1. The second-order valence-electron chi connectivity index (χ2n) is 12.9. The normalized spacial score (nSPS) is 21.0. The van der Waals surface area contributed by atoms with Crippen molar-refractivity contribution in [3.05, 3.63) is 89.6 Å². The lowest BCUT2D eigenvalue weighted by molar-refractivity contribution is -0.00571. The van der Waals surface area contributed by atoms with E-state index >= 15 is 0 Å². The van der Waals surface area contributed by atoms with E-state index in [1.807, 2.05) is 43.5 Å². The number of rotatable bonds is 12. The van der Waals surface area contributed by atoms with Crippen LogP contribution in [0.5, 0.6) is 11.5 Å². The molecule has 0 bridgehead atoms. The van der Waals surface area contributed by atoms with Gasteiger partial charge in [-0.15, -0.1) is 0 Å². The van der Waals surface area contributed by atoms with Crippen molar-refractivity contribution in [3.63, 3.8) is 0 Å². The first-order valence-electron chi connectivity index (χ1n) is 16.7. The molecule has 4 aromatic rings. The van der Waals surface area contributed by atoms with Crippen LogP contribution in [0.4, 0.5) is 5.69 Å². The molecule has 8 nitrogen and oxygen atoms in total. The van der Waals surface area contributed by atoms with Gasteiger partial charge >= 0.3 is 0 Å². The first-order valence-corrected chi connectivity index (χ1v) is 16.7. The summed E-state index contributed by atoms with van der Waals surface area (Å²) >= 11 is 0. The third-order valence-electron chi connectivity index (χ3n) is 9.94. The van der Waals surface area contributed by atoms with Crippen LogP contribution in [0.3, 0.4) is 0 Å². The molecule has 4 N–H and O–H groups in total. The largest absolute Gasteiger partial charge is 0.508 e. The number of hydrogen-bond acceptors (Lipinski definition) is 5. The zero-order valence-corrected chi connectivity index (χ0v) is 26.6. The summed E-state index contributed by atoms with van der Waals surface area (Å²) in [6, 6.07) is 21.7. The van der Waals surface area contributed by atoms with Crippen LogP contribution in [0.2, 0.25) is 0 Å². The van der Waals surface area contributed by atoms with Crippen LogP contribution in [-0.2, 0) is 11.2 Å². The van der Waals surface area contributed by atoms with Gasteiger partial charge in [0.1, 0.15) is 17.2 Å². The Kier molecular flexibility index (Phi) is 10.2. The lowest BCUT2D eigenvalue weighted by atomic mass is 9.64. The Bertz CT molecular complexity index is 1620. The molecule has 2 aliphatic carbocycles. The smallest absolute Gasteiger partial charge is 0.272 e. The summed E-state index contributed by atoms with van der Waals surface area (Å²) in [6.07, 6.45) is 10.6. The number of aromatic amines is 1. The minimum atomic E-state index is -0.299. The average molecular weight is 624 g/mol. The number of benzene rings is 3. The highest BCUT2D eigenvalue weighted by molar-refractivity contribution is 6.07. The summed E-state index contributed by atoms with van der Waals surface area (Å²) in [5, 5.41) is 16.8. The van der Waals surface area contributed by atoms with Gasteiger partial charge in [-0.05, 0) is 97.9 Å². The van der Waals surface area contributed by atoms with Gasteiger partial charge in [-0.3, -0.25) is 9.59 Å². The quantitative estimate of drug-likeness (QED) is 0.122. The fourth-order valence-electron chi connectivity index (χ4n) is 7.56. The number of phenols is 1. The third-order valence-corrected chi connectivity index (χ3v) is 9.94. The monoisotopic (exact) mass is 623 g/mol. The van der Waals surface area contributed by atoms with Crippen molar-refractivity contribution < 1.29 is 24.2 Å². The van der Waals surface area contributed by atoms with Gasteiger partial charge < -0.3 is 30.2 Å². The molecule has 4 unspecified atom stereocenters. The maximum Gasteiger partial charge on any atom is 0.272 e. The van der Waals surface area contributed by atoms with Gasteiger partial charge in [0.25, 0.3) is 11.8 Å². The average Bonchev–Trinajstić information content (AvgIpc) is 3.52. The number of nitrogens with one attached hydrogen (secondary N) is 3. The molecule has 2 saturated carbocycles. The summed E-state index contributed by atoms with van der Waals surface area (Å²) < 4.78 is 11.8. The van der Waals surface area contributed by atoms with E-state index in [-0.39, 0.29) is 17.6 Å². The Morgan fingerprint density at radius 1 is 0.957 bits per heavy atom. The predicted octanol–water partition coefficient (Wildman–Crippen LogP) is 7.49. The molecule has 1 aromatic heterocycles. The molecule has 2 amide bonds. The Hall–Kier alpha value is -4.30. The number of hydrogen-bond donors (Lipinski definition) is 4. The number of aromatic nitrogens is 1. The number of fused-ring (bicyclic) bond motifs is 2. The highest BCUT2D eigenvalue weighted by Gasteiger charge is 2.37. The van der Waals surface area contributed by atoms with Crippen LogP contribution in [0.15, 0.2) is 72.8 Å². The molecule has 0 saturated heterocycles. The van der Waals surface area contributed by atoms with Crippen molar-refractivity contribution >= 4 is 28.4 Å². The fourth-order valence-corrected chi connectivity index (χ4v) is 7.56. The summed E-state index contributed by atoms with van der Waals surface area (Å²) in [5.74, 6) is 2.47. The van der Waals surface area contributed by atoms with E-state index in [4.69, 9.17) is 9.47 Å². The van der Waals surface area contributed by atoms with Gasteiger partial charge in [-0.25, -0.2) is 0 Å². The molecule has 1 heterocycles. The van der Waals surface area contributed by atoms with Crippen LogP contribution in [0.1, 0.15) is 77.8 Å². The second-order valence-corrected chi connectivity index (χ2v) is 12.9. The number of ether oxygens (including phenoxy) is 2. The number of para-hydroxylation sites is 1. The molecule has 242 valence electrons. The van der Waals surface area contributed by atoms with E-state index in [2.05, 4.69) is 15.6 Å². The Balaban J connectivity index is 1.08. The Morgan fingerprint density at radius 2 is 1.85 bits per heavy atom. The zero-order chi connectivity index (χ0) is 31.9. The molecule has 3 aromatic carbocycles. The van der Waals surface area contributed by atoms with Gasteiger partial charge in [0.05, 0.1) is 18.4 Å². The lowest BCUT2D eigenvalue weighted by Crippen LogP contribution is -2.36. The molecular weight excluding hydrogens is 578 g/mol. The molecule has 8 heteroatoms. The molecule has 0 spiro atoms. The number of aromatic hydroxyl groups is 1. The highest BCUT2D eigenvalue weighted by atomic mass is 16.5. The Morgan fingerprint density at radius 3 is 2.70 bits per heavy atom. The van der Waals surface area contributed by atoms with Crippen LogP contribution in [0.25, 0.3) is 10.9 Å². The van der Waals surface area contributed by atoms with Crippen LogP contribution >= 0.6 is 0 Å². The van der Waals surface area contributed by atoms with E-state index in [0.717, 1.165) is 47.1 Å². The topological polar surface area (TPSA) is 113 Å².